The molecule has 3 heterocycles. The summed E-state index contributed by atoms with van der Waals surface area (Å²) in [6, 6.07) is 3.36. The quantitative estimate of drug-likeness (QED) is 0.813. The van der Waals surface area contributed by atoms with E-state index in [0.29, 0.717) is 45.0 Å². The zero-order chi connectivity index (χ0) is 18.1. The molecular formula is C19H25N3O4. The minimum atomic E-state index is -0.117. The Morgan fingerprint density at radius 2 is 1.31 bits per heavy atom. The Hall–Kier alpha value is -2.31. The van der Waals surface area contributed by atoms with Crippen LogP contribution in [0.3, 0.4) is 0 Å². The number of hydrogen-bond acceptors (Lipinski definition) is 4. The summed E-state index contributed by atoms with van der Waals surface area (Å²) in [5.41, 5.74) is 0. The van der Waals surface area contributed by atoms with E-state index in [2.05, 4.69) is 0 Å². The smallest absolute Gasteiger partial charge is 0.289 e. The Morgan fingerprint density at radius 3 is 1.85 bits per heavy atom. The SMILES string of the molecule is O=C(c1ccco1)N1CCN(C(=O)C2CCN(C(=O)C3CC3)CC2)CC1. The van der Waals surface area contributed by atoms with Crippen molar-refractivity contribution in [1.82, 2.24) is 14.7 Å². The average Bonchev–Trinajstić information content (AvgIpc) is 3.40. The lowest BCUT2D eigenvalue weighted by Gasteiger charge is -2.38. The monoisotopic (exact) mass is 359 g/mol. The van der Waals surface area contributed by atoms with Crippen LogP contribution in [0, 0.1) is 11.8 Å². The molecule has 2 aliphatic heterocycles. The number of piperazine rings is 1. The molecule has 3 fully saturated rings. The summed E-state index contributed by atoms with van der Waals surface area (Å²) in [6.07, 6.45) is 5.05. The van der Waals surface area contributed by atoms with Crippen molar-refractivity contribution < 1.29 is 18.8 Å². The van der Waals surface area contributed by atoms with Crippen LogP contribution in [0.2, 0.25) is 0 Å². The molecule has 0 atom stereocenters. The van der Waals surface area contributed by atoms with Crippen LogP contribution >= 0.6 is 0 Å². The normalized spacial score (nSPS) is 21.8. The maximum atomic E-state index is 12.8. The van der Waals surface area contributed by atoms with Gasteiger partial charge < -0.3 is 19.1 Å². The highest BCUT2D eigenvalue weighted by atomic mass is 16.3. The van der Waals surface area contributed by atoms with Crippen molar-refractivity contribution in [3.05, 3.63) is 24.2 Å². The van der Waals surface area contributed by atoms with Crippen LogP contribution in [0.15, 0.2) is 22.8 Å². The van der Waals surface area contributed by atoms with E-state index < -0.39 is 0 Å². The molecule has 1 aliphatic carbocycles. The molecule has 0 bridgehead atoms. The van der Waals surface area contributed by atoms with E-state index in [0.717, 1.165) is 25.7 Å². The Kier molecular flexibility index (Phi) is 4.70. The zero-order valence-electron chi connectivity index (χ0n) is 14.9. The fourth-order valence-electron chi connectivity index (χ4n) is 3.88. The van der Waals surface area contributed by atoms with Crippen molar-refractivity contribution in [2.75, 3.05) is 39.3 Å². The standard InChI is InChI=1S/C19H25N3O4/c23-17(14-3-4-14)20-7-5-15(6-8-20)18(24)21-9-11-22(12-10-21)19(25)16-2-1-13-26-16/h1-2,13-15H,3-12H2. The van der Waals surface area contributed by atoms with E-state index in [-0.39, 0.29) is 29.6 Å². The lowest BCUT2D eigenvalue weighted by atomic mass is 9.94. The number of piperidine rings is 1. The van der Waals surface area contributed by atoms with E-state index >= 15 is 0 Å². The van der Waals surface area contributed by atoms with Crippen molar-refractivity contribution in [1.29, 1.82) is 0 Å². The van der Waals surface area contributed by atoms with Gasteiger partial charge in [0.05, 0.1) is 6.26 Å². The minimum absolute atomic E-state index is 0.00517. The molecule has 7 nitrogen and oxygen atoms in total. The van der Waals surface area contributed by atoms with Crippen LogP contribution in [0.4, 0.5) is 0 Å². The molecule has 1 aromatic heterocycles. The van der Waals surface area contributed by atoms with Gasteiger partial charge in [0, 0.05) is 51.1 Å². The van der Waals surface area contributed by atoms with Crippen molar-refractivity contribution >= 4 is 17.7 Å². The second kappa shape index (κ2) is 7.13. The molecule has 1 saturated carbocycles. The van der Waals surface area contributed by atoms with Gasteiger partial charge in [0.25, 0.3) is 5.91 Å². The molecule has 0 spiro atoms. The Bertz CT molecular complexity index is 667. The third kappa shape index (κ3) is 3.48. The second-order valence-corrected chi connectivity index (χ2v) is 7.47. The van der Waals surface area contributed by atoms with Gasteiger partial charge in [0.1, 0.15) is 0 Å². The van der Waals surface area contributed by atoms with Gasteiger partial charge in [-0.2, -0.15) is 0 Å². The fourth-order valence-corrected chi connectivity index (χ4v) is 3.88. The number of amides is 3. The van der Waals surface area contributed by atoms with E-state index in [1.807, 2.05) is 9.80 Å². The lowest BCUT2D eigenvalue weighted by molar-refractivity contribution is -0.142. The number of carbonyl (C=O) groups is 3. The Labute approximate surface area is 152 Å². The summed E-state index contributed by atoms with van der Waals surface area (Å²) >= 11 is 0. The topological polar surface area (TPSA) is 74.1 Å². The van der Waals surface area contributed by atoms with Gasteiger partial charge in [-0.1, -0.05) is 0 Å². The fraction of sp³-hybridized carbons (Fsp3) is 0.632. The van der Waals surface area contributed by atoms with Crippen LogP contribution in [0.5, 0.6) is 0 Å². The molecule has 2 saturated heterocycles. The van der Waals surface area contributed by atoms with Crippen molar-refractivity contribution in [2.45, 2.75) is 25.7 Å². The molecule has 3 amide bonds. The first-order valence-corrected chi connectivity index (χ1v) is 9.54. The molecule has 1 aromatic rings. The molecular weight excluding hydrogens is 334 g/mol. The van der Waals surface area contributed by atoms with E-state index in [1.165, 1.54) is 6.26 Å². The average molecular weight is 359 g/mol. The maximum absolute atomic E-state index is 12.8. The summed E-state index contributed by atoms with van der Waals surface area (Å²) in [4.78, 5) is 42.7. The molecule has 0 radical (unpaired) electrons. The van der Waals surface area contributed by atoms with Crippen molar-refractivity contribution in [3.8, 4) is 0 Å². The third-order valence-electron chi connectivity index (χ3n) is 5.69. The highest BCUT2D eigenvalue weighted by Gasteiger charge is 2.37. The molecule has 7 heteroatoms. The van der Waals surface area contributed by atoms with E-state index in [1.54, 1.807) is 17.0 Å². The van der Waals surface area contributed by atoms with Gasteiger partial charge in [-0.05, 0) is 37.8 Å². The molecule has 26 heavy (non-hydrogen) atoms. The number of hydrogen-bond donors (Lipinski definition) is 0. The number of rotatable bonds is 3. The minimum Gasteiger partial charge on any atom is -0.459 e. The summed E-state index contributed by atoms with van der Waals surface area (Å²) in [6.45, 7) is 3.58. The van der Waals surface area contributed by atoms with Gasteiger partial charge in [-0.15, -0.1) is 0 Å². The van der Waals surface area contributed by atoms with Gasteiger partial charge in [-0.3, -0.25) is 14.4 Å². The van der Waals surface area contributed by atoms with Gasteiger partial charge in [0.2, 0.25) is 11.8 Å². The van der Waals surface area contributed by atoms with E-state index in [4.69, 9.17) is 4.42 Å². The summed E-state index contributed by atoms with van der Waals surface area (Å²) in [5.74, 6) is 0.939. The first kappa shape index (κ1) is 17.1. The van der Waals surface area contributed by atoms with Gasteiger partial charge in [0.15, 0.2) is 5.76 Å². The first-order valence-electron chi connectivity index (χ1n) is 9.54. The van der Waals surface area contributed by atoms with Crippen LogP contribution in [0.1, 0.15) is 36.2 Å². The molecule has 0 N–H and O–H groups in total. The number of nitrogens with zero attached hydrogens (tertiary/aromatic N) is 3. The summed E-state index contributed by atoms with van der Waals surface area (Å²) < 4.78 is 5.16. The van der Waals surface area contributed by atoms with Crippen LogP contribution in [-0.2, 0) is 9.59 Å². The third-order valence-corrected chi connectivity index (χ3v) is 5.69. The number of carbonyl (C=O) groups excluding carboxylic acids is 3. The highest BCUT2D eigenvalue weighted by Crippen LogP contribution is 2.32. The maximum Gasteiger partial charge on any atom is 0.289 e. The Balaban J connectivity index is 1.25. The number of furan rings is 1. The molecule has 3 aliphatic rings. The Morgan fingerprint density at radius 1 is 0.769 bits per heavy atom. The predicted molar refractivity (Wildman–Crippen MR) is 93.2 cm³/mol. The molecule has 0 aromatic carbocycles. The van der Waals surface area contributed by atoms with Crippen LogP contribution < -0.4 is 0 Å². The lowest BCUT2D eigenvalue weighted by Crippen LogP contribution is -2.53. The largest absolute Gasteiger partial charge is 0.459 e. The second-order valence-electron chi connectivity index (χ2n) is 7.47. The first-order chi connectivity index (χ1) is 12.6. The van der Waals surface area contributed by atoms with Crippen molar-refractivity contribution in [2.24, 2.45) is 11.8 Å². The molecule has 140 valence electrons. The van der Waals surface area contributed by atoms with Crippen molar-refractivity contribution in [3.63, 3.8) is 0 Å². The highest BCUT2D eigenvalue weighted by molar-refractivity contribution is 5.91. The van der Waals surface area contributed by atoms with Gasteiger partial charge in [-0.25, -0.2) is 0 Å². The zero-order valence-corrected chi connectivity index (χ0v) is 14.9. The summed E-state index contributed by atoms with van der Waals surface area (Å²) in [5, 5.41) is 0. The molecule has 0 unspecified atom stereocenters. The van der Waals surface area contributed by atoms with E-state index in [9.17, 15) is 14.4 Å². The van der Waals surface area contributed by atoms with Crippen LogP contribution in [-0.4, -0.2) is 71.7 Å². The number of likely N-dealkylation sites (tertiary alicyclic amines) is 1. The van der Waals surface area contributed by atoms with Gasteiger partial charge >= 0.3 is 0 Å². The predicted octanol–water partition coefficient (Wildman–Crippen LogP) is 1.21. The molecule has 4 rings (SSSR count). The van der Waals surface area contributed by atoms with Crippen LogP contribution in [0.25, 0.3) is 0 Å². The summed E-state index contributed by atoms with van der Waals surface area (Å²) in [7, 11) is 0.